The molecule has 0 unspecified atom stereocenters. The van der Waals surface area contributed by atoms with Crippen LogP contribution in [-0.4, -0.2) is 31.1 Å². The van der Waals surface area contributed by atoms with Crippen molar-refractivity contribution in [3.63, 3.8) is 0 Å². The SMILES string of the molecule is CC(C)(C)OC(=O)CN(c1ccc2c(ccn2-c2ccc3ccccc3c2)c1)S(=O)(=O)c1cc(Cl)cc(Cl)c1. The van der Waals surface area contributed by atoms with Crippen molar-refractivity contribution in [2.75, 3.05) is 10.8 Å². The van der Waals surface area contributed by atoms with Crippen LogP contribution in [0.1, 0.15) is 20.8 Å². The van der Waals surface area contributed by atoms with E-state index in [-0.39, 0.29) is 14.9 Å². The van der Waals surface area contributed by atoms with Crippen LogP contribution in [0.25, 0.3) is 27.4 Å². The van der Waals surface area contributed by atoms with Gasteiger partial charge in [0.05, 0.1) is 16.1 Å². The summed E-state index contributed by atoms with van der Waals surface area (Å²) in [5, 5.41) is 3.39. The highest BCUT2D eigenvalue weighted by molar-refractivity contribution is 7.92. The number of hydrogen-bond donors (Lipinski definition) is 0. The number of carbonyl (C=O) groups is 1. The summed E-state index contributed by atoms with van der Waals surface area (Å²) in [5.74, 6) is -0.687. The van der Waals surface area contributed by atoms with Gasteiger partial charge in [-0.25, -0.2) is 8.42 Å². The Kier molecular flexibility index (Phi) is 7.10. The zero-order valence-corrected chi connectivity index (χ0v) is 23.9. The summed E-state index contributed by atoms with van der Waals surface area (Å²) < 4.78 is 36.2. The molecule has 200 valence electrons. The van der Waals surface area contributed by atoms with Crippen LogP contribution < -0.4 is 4.31 Å². The first-order chi connectivity index (χ1) is 18.4. The van der Waals surface area contributed by atoms with E-state index in [2.05, 4.69) is 24.3 Å². The molecule has 0 aliphatic heterocycles. The first-order valence-electron chi connectivity index (χ1n) is 12.2. The molecule has 0 radical (unpaired) electrons. The van der Waals surface area contributed by atoms with E-state index >= 15 is 0 Å². The number of aromatic nitrogens is 1. The smallest absolute Gasteiger partial charge is 0.327 e. The van der Waals surface area contributed by atoms with Gasteiger partial charge in [-0.15, -0.1) is 0 Å². The molecule has 0 saturated heterocycles. The van der Waals surface area contributed by atoms with Gasteiger partial charge < -0.3 is 9.30 Å². The quantitative estimate of drug-likeness (QED) is 0.194. The number of rotatable bonds is 6. The zero-order valence-electron chi connectivity index (χ0n) is 21.6. The van der Waals surface area contributed by atoms with E-state index in [1.165, 1.54) is 18.2 Å². The van der Waals surface area contributed by atoms with Crippen LogP contribution in [0, 0.1) is 0 Å². The van der Waals surface area contributed by atoms with Gasteiger partial charge in [-0.05, 0) is 86.1 Å². The molecule has 5 rings (SSSR count). The molecule has 1 aromatic heterocycles. The second-order valence-corrected chi connectivity index (χ2v) is 12.9. The predicted molar refractivity (Wildman–Crippen MR) is 158 cm³/mol. The lowest BCUT2D eigenvalue weighted by Gasteiger charge is -2.26. The van der Waals surface area contributed by atoms with E-state index in [9.17, 15) is 13.2 Å². The Hall–Kier alpha value is -3.52. The average molecular weight is 582 g/mol. The number of nitrogens with zero attached hydrogens (tertiary/aromatic N) is 2. The van der Waals surface area contributed by atoms with Gasteiger partial charge in [-0.3, -0.25) is 9.10 Å². The summed E-state index contributed by atoms with van der Waals surface area (Å²) in [6.07, 6.45) is 1.93. The van der Waals surface area contributed by atoms with E-state index in [1.54, 1.807) is 32.9 Å². The number of halogens is 2. The van der Waals surface area contributed by atoms with Gasteiger partial charge in [-0.2, -0.15) is 0 Å². The summed E-state index contributed by atoms with van der Waals surface area (Å²) in [5.41, 5.74) is 1.38. The van der Waals surface area contributed by atoms with Crippen molar-refractivity contribution in [3.8, 4) is 5.69 Å². The number of anilines is 1. The number of esters is 1. The van der Waals surface area contributed by atoms with Crippen molar-refractivity contribution in [1.82, 2.24) is 4.57 Å². The minimum atomic E-state index is -4.23. The largest absolute Gasteiger partial charge is 0.459 e. The summed E-state index contributed by atoms with van der Waals surface area (Å²) in [4.78, 5) is 12.7. The minimum Gasteiger partial charge on any atom is -0.459 e. The molecule has 0 aliphatic rings. The molecule has 9 heteroatoms. The lowest BCUT2D eigenvalue weighted by atomic mass is 10.1. The van der Waals surface area contributed by atoms with Crippen LogP contribution in [0.5, 0.6) is 0 Å². The van der Waals surface area contributed by atoms with E-state index < -0.39 is 28.1 Å². The van der Waals surface area contributed by atoms with E-state index in [1.807, 2.05) is 41.1 Å². The summed E-state index contributed by atoms with van der Waals surface area (Å²) in [7, 11) is -4.23. The summed E-state index contributed by atoms with van der Waals surface area (Å²) in [6.45, 7) is 4.65. The Morgan fingerprint density at radius 2 is 1.54 bits per heavy atom. The topological polar surface area (TPSA) is 68.6 Å². The monoisotopic (exact) mass is 580 g/mol. The summed E-state index contributed by atoms with van der Waals surface area (Å²) in [6, 6.07) is 25.5. The summed E-state index contributed by atoms with van der Waals surface area (Å²) >= 11 is 12.2. The van der Waals surface area contributed by atoms with Gasteiger partial charge in [0.1, 0.15) is 12.1 Å². The molecule has 0 fully saturated rings. The molecule has 0 bridgehead atoms. The van der Waals surface area contributed by atoms with Gasteiger partial charge in [0.2, 0.25) is 0 Å². The third-order valence-corrected chi connectivity index (χ3v) is 8.28. The fourth-order valence-corrected chi connectivity index (χ4v) is 6.58. The van der Waals surface area contributed by atoms with Crippen molar-refractivity contribution in [1.29, 1.82) is 0 Å². The normalized spacial score (nSPS) is 12.1. The molecular formula is C30H26Cl2N2O4S. The average Bonchev–Trinajstić information content (AvgIpc) is 3.28. The lowest BCUT2D eigenvalue weighted by molar-refractivity contribution is -0.152. The Bertz CT molecular complexity index is 1800. The van der Waals surface area contributed by atoms with Crippen molar-refractivity contribution in [3.05, 3.63) is 101 Å². The third kappa shape index (κ3) is 5.76. The number of carbonyl (C=O) groups excluding carboxylic acids is 1. The molecule has 1 heterocycles. The van der Waals surface area contributed by atoms with Crippen molar-refractivity contribution in [2.24, 2.45) is 0 Å². The predicted octanol–water partition coefficient (Wildman–Crippen LogP) is 7.63. The highest BCUT2D eigenvalue weighted by Crippen LogP contribution is 2.32. The Morgan fingerprint density at radius 3 is 2.23 bits per heavy atom. The number of hydrogen-bond acceptors (Lipinski definition) is 4. The van der Waals surface area contributed by atoms with Crippen molar-refractivity contribution in [2.45, 2.75) is 31.3 Å². The van der Waals surface area contributed by atoms with Crippen LogP contribution in [-0.2, 0) is 19.6 Å². The van der Waals surface area contributed by atoms with E-state index in [0.29, 0.717) is 5.69 Å². The van der Waals surface area contributed by atoms with Gasteiger partial charge in [-0.1, -0.05) is 53.5 Å². The van der Waals surface area contributed by atoms with Crippen LogP contribution in [0.15, 0.2) is 96.0 Å². The Balaban J connectivity index is 1.58. The minimum absolute atomic E-state index is 0.127. The molecular weight excluding hydrogens is 555 g/mol. The van der Waals surface area contributed by atoms with Gasteiger partial charge in [0.25, 0.3) is 10.0 Å². The van der Waals surface area contributed by atoms with Crippen molar-refractivity contribution < 1.29 is 17.9 Å². The number of benzene rings is 4. The molecule has 0 saturated carbocycles. The molecule has 39 heavy (non-hydrogen) atoms. The number of fused-ring (bicyclic) bond motifs is 2. The highest BCUT2D eigenvalue weighted by Gasteiger charge is 2.30. The molecule has 5 aromatic rings. The van der Waals surface area contributed by atoms with Gasteiger partial charge in [0, 0.05) is 27.3 Å². The van der Waals surface area contributed by atoms with Crippen LogP contribution >= 0.6 is 23.2 Å². The van der Waals surface area contributed by atoms with Gasteiger partial charge >= 0.3 is 5.97 Å². The number of sulfonamides is 1. The molecule has 4 aromatic carbocycles. The molecule has 0 N–H and O–H groups in total. The second kappa shape index (κ2) is 10.2. The Morgan fingerprint density at radius 1 is 0.846 bits per heavy atom. The fraction of sp³-hybridized carbons (Fsp3) is 0.167. The molecule has 0 spiro atoms. The van der Waals surface area contributed by atoms with E-state index in [0.717, 1.165) is 31.7 Å². The first kappa shape index (κ1) is 27.1. The molecule has 0 aliphatic carbocycles. The second-order valence-electron chi connectivity index (χ2n) is 10.2. The molecule has 0 amide bonds. The van der Waals surface area contributed by atoms with E-state index in [4.69, 9.17) is 27.9 Å². The first-order valence-corrected chi connectivity index (χ1v) is 14.4. The highest BCUT2D eigenvalue weighted by atomic mass is 35.5. The van der Waals surface area contributed by atoms with Crippen LogP contribution in [0.4, 0.5) is 5.69 Å². The maximum Gasteiger partial charge on any atom is 0.327 e. The fourth-order valence-electron chi connectivity index (χ4n) is 4.45. The van der Waals surface area contributed by atoms with Crippen LogP contribution in [0.2, 0.25) is 10.0 Å². The zero-order chi connectivity index (χ0) is 27.9. The van der Waals surface area contributed by atoms with Gasteiger partial charge in [0.15, 0.2) is 0 Å². The third-order valence-electron chi connectivity index (χ3n) is 6.09. The maximum absolute atomic E-state index is 13.8. The maximum atomic E-state index is 13.8. The Labute approximate surface area is 237 Å². The number of ether oxygens (including phenoxy) is 1. The van der Waals surface area contributed by atoms with Crippen molar-refractivity contribution >= 4 is 66.6 Å². The molecule has 0 atom stereocenters. The van der Waals surface area contributed by atoms with Crippen LogP contribution in [0.3, 0.4) is 0 Å². The molecule has 6 nitrogen and oxygen atoms in total. The lowest BCUT2D eigenvalue weighted by Crippen LogP contribution is -2.39. The standard InChI is InChI=1S/C30H26Cl2N2O4S/c1-30(2,3)38-29(35)19-34(39(36,37)27-17-23(31)16-24(32)18-27)26-10-11-28-22(15-26)12-13-33(28)25-9-8-20-6-4-5-7-21(20)14-25/h4-18H,19H2,1-3H3.